The second kappa shape index (κ2) is 36.3. The molecule has 0 aromatic heterocycles. The molecule has 1 unspecified atom stereocenters. The van der Waals surface area contributed by atoms with Gasteiger partial charge in [-0.15, -0.1) is 0 Å². The van der Waals surface area contributed by atoms with E-state index in [1.165, 1.54) is 0 Å². The summed E-state index contributed by atoms with van der Waals surface area (Å²) in [5, 5.41) is 252. The lowest BCUT2D eigenvalue weighted by Gasteiger charge is -2.52. The van der Waals surface area contributed by atoms with Crippen LogP contribution in [0.2, 0.25) is 0 Å². The third kappa shape index (κ3) is 18.5. The van der Waals surface area contributed by atoms with Crippen LogP contribution in [-0.2, 0) is 90.2 Å². The molecular formula is C56H94N4O41. The fraction of sp³-hybridized carbons (Fsp3) is 0.929. The van der Waals surface area contributed by atoms with Gasteiger partial charge in [-0.05, 0) is 0 Å². The Balaban J connectivity index is 1.19. The number of aliphatic hydroxyl groups is 22. The first-order chi connectivity index (χ1) is 47.8. The molecular weight excluding hydrogens is 1380 g/mol. The number of ether oxygens (including phenoxy) is 15. The molecule has 0 radical (unpaired) electrons. The first-order valence-corrected chi connectivity index (χ1v) is 32.1. The standard InChI is InChI=1S/C56H94N4O41/c1-13(68)57-25-34(77)43(21(9-65)88-49(25)86)96-51-27(59-15(3)70)35(78)45(23(11-67)93-51)98-55-42(85)47(100-54-41(84)38(81)31(74)19(7-63)91-54)46(99-50-26(58-14(2)69)33(76)29(72)17(5-61)89-50)24(95-55)12-87-56-48(39(82)32(75)20(8-64)92-56)101-52-28(60-16(4)71)36(79)44(22(10-66)94-52)97-53-40(83)37(80)30(73)18(6-62)90-53/h17-56,61-67,72-86H,5-12H2,1-4H3,(H,57,68)(H,58,69)(H,59,70)(H,60,71)/t17-,18-,19-,20-,21-,22-,23-,24-,25-,26-,27-,28-,29-,30+,31-,32-,33-,34-,35-,36-,37+,38+,39+,40-,41+,42+,43-,44-,45-,46-,47-,48+,49?,50+,51+,52+,53+,54-,55+,56+/m1/s1. The maximum absolute atomic E-state index is 13.0. The summed E-state index contributed by atoms with van der Waals surface area (Å²) in [5.41, 5.74) is 0. The van der Waals surface area contributed by atoms with E-state index in [-0.39, 0.29) is 0 Å². The molecule has 0 saturated carbocycles. The monoisotopic (exact) mass is 1480 g/mol. The molecule has 26 N–H and O–H groups in total. The van der Waals surface area contributed by atoms with Gasteiger partial charge >= 0.3 is 0 Å². The van der Waals surface area contributed by atoms with Crippen LogP contribution in [0.1, 0.15) is 27.7 Å². The lowest BCUT2D eigenvalue weighted by molar-refractivity contribution is -0.401. The molecule has 8 aliphatic heterocycles. The van der Waals surface area contributed by atoms with Crippen LogP contribution >= 0.6 is 0 Å². The highest BCUT2D eigenvalue weighted by Crippen LogP contribution is 2.40. The first-order valence-electron chi connectivity index (χ1n) is 32.1. The molecule has 8 aliphatic rings. The Hall–Kier alpha value is -3.60. The molecule has 45 nitrogen and oxygen atoms in total. The van der Waals surface area contributed by atoms with Gasteiger partial charge in [0.15, 0.2) is 50.3 Å². The zero-order valence-corrected chi connectivity index (χ0v) is 54.3. The van der Waals surface area contributed by atoms with E-state index >= 15 is 0 Å². The van der Waals surface area contributed by atoms with Crippen molar-refractivity contribution in [1.82, 2.24) is 21.3 Å². The largest absolute Gasteiger partial charge is 0.394 e. The summed E-state index contributed by atoms with van der Waals surface area (Å²) >= 11 is 0. The molecule has 8 rings (SSSR count). The quantitative estimate of drug-likeness (QED) is 0.0382. The molecule has 8 saturated heterocycles. The Morgan fingerprint density at radius 3 is 0.941 bits per heavy atom. The van der Waals surface area contributed by atoms with Crippen molar-refractivity contribution >= 4 is 23.6 Å². The van der Waals surface area contributed by atoms with Gasteiger partial charge in [0.1, 0.15) is 195 Å². The number of aliphatic hydroxyl groups excluding tert-OH is 22. The maximum Gasteiger partial charge on any atom is 0.217 e. The predicted molar refractivity (Wildman–Crippen MR) is 311 cm³/mol. The number of nitrogens with one attached hydrogen (secondary N) is 4. The van der Waals surface area contributed by atoms with E-state index in [1.54, 1.807) is 0 Å². The molecule has 584 valence electrons. The molecule has 0 bridgehead atoms. The number of carbonyl (C=O) groups is 4. The van der Waals surface area contributed by atoms with E-state index in [1.807, 2.05) is 0 Å². The van der Waals surface area contributed by atoms with Crippen LogP contribution in [0, 0.1) is 0 Å². The first kappa shape index (κ1) is 83.0. The third-order valence-electron chi connectivity index (χ3n) is 18.2. The van der Waals surface area contributed by atoms with Crippen LogP contribution in [0.25, 0.3) is 0 Å². The van der Waals surface area contributed by atoms with Crippen molar-refractivity contribution in [1.29, 1.82) is 0 Å². The van der Waals surface area contributed by atoms with Gasteiger partial charge in [0, 0.05) is 27.7 Å². The Morgan fingerprint density at radius 2 is 0.535 bits per heavy atom. The van der Waals surface area contributed by atoms with Crippen LogP contribution in [0.3, 0.4) is 0 Å². The maximum atomic E-state index is 13.0. The fourth-order valence-electron chi connectivity index (χ4n) is 13.0. The van der Waals surface area contributed by atoms with Gasteiger partial charge in [0.2, 0.25) is 23.6 Å². The molecule has 0 aliphatic carbocycles. The summed E-state index contributed by atoms with van der Waals surface area (Å²) in [4.78, 5) is 50.7. The molecule has 40 atom stereocenters. The fourth-order valence-corrected chi connectivity index (χ4v) is 13.0. The number of amides is 4. The van der Waals surface area contributed by atoms with Gasteiger partial charge in [-0.3, -0.25) is 19.2 Å². The Labute approximate surface area is 572 Å². The van der Waals surface area contributed by atoms with Gasteiger partial charge in [0.05, 0.1) is 52.9 Å². The van der Waals surface area contributed by atoms with Crippen LogP contribution in [0.4, 0.5) is 0 Å². The number of rotatable bonds is 26. The van der Waals surface area contributed by atoms with E-state index < -0.39 is 322 Å². The smallest absolute Gasteiger partial charge is 0.217 e. The number of hydrogen-bond acceptors (Lipinski definition) is 41. The minimum atomic E-state index is -2.54. The molecule has 101 heavy (non-hydrogen) atoms. The third-order valence-corrected chi connectivity index (χ3v) is 18.2. The summed E-state index contributed by atoms with van der Waals surface area (Å²) < 4.78 is 89.8. The minimum absolute atomic E-state index is 0.775. The highest BCUT2D eigenvalue weighted by Gasteiger charge is 2.60. The summed E-state index contributed by atoms with van der Waals surface area (Å²) in [6.45, 7) is -4.80. The second-order valence-electron chi connectivity index (χ2n) is 25.4. The number of carbonyl (C=O) groups excluding carboxylic acids is 4. The SMILES string of the molecule is CC(=O)N[C@H]1[C@H](O[C@H]2[C@H](O)[C@@H](NC(C)=O)C(O)O[C@@H]2CO)O[C@H](CO)[C@@H](O[C@@H]2O[C@H](CO[C@H]3O[C@H](CO)[C@@H](O)[C@H](O)[C@@H]3O[C@@H]3O[C@H](CO)[C@@H](O[C@@H]4O[C@H](CO)[C@H](O)[C@H](O)[C@H]4O)[C@H](O)[C@H]3NC(C)=O)[C@@H](O[C@@H]3O[C@H](CO)[C@@H](O)[C@H](O)[C@H]3NC(C)=O)[C@H](O[C@H]3O[C@H](CO)[C@@H](O)[C@H](O)[C@@H]3O)[C@@H]2O)[C@@H]1O. The van der Waals surface area contributed by atoms with Gasteiger partial charge < -0.3 is 205 Å². The Kier molecular flexibility index (Phi) is 29.9. The van der Waals surface area contributed by atoms with Crippen molar-refractivity contribution in [3.8, 4) is 0 Å². The molecule has 4 amide bonds. The molecule has 8 fully saturated rings. The Morgan fingerprint density at radius 1 is 0.257 bits per heavy atom. The van der Waals surface area contributed by atoms with Crippen LogP contribution in [0.5, 0.6) is 0 Å². The van der Waals surface area contributed by atoms with Crippen molar-refractivity contribution < 1.29 is 203 Å². The van der Waals surface area contributed by atoms with Gasteiger partial charge in [-0.1, -0.05) is 0 Å². The molecule has 0 aromatic carbocycles. The average molecular weight is 1480 g/mol. The van der Waals surface area contributed by atoms with Gasteiger partial charge in [0.25, 0.3) is 0 Å². The van der Waals surface area contributed by atoms with Crippen molar-refractivity contribution in [3.63, 3.8) is 0 Å². The van der Waals surface area contributed by atoms with E-state index in [9.17, 15) is 132 Å². The number of hydrogen-bond donors (Lipinski definition) is 26. The Bertz CT molecular complexity index is 2640. The van der Waals surface area contributed by atoms with Gasteiger partial charge in [-0.25, -0.2) is 0 Å². The summed E-state index contributed by atoms with van der Waals surface area (Å²) in [6, 6.07) is -7.32. The zero-order valence-electron chi connectivity index (χ0n) is 54.3. The summed E-state index contributed by atoms with van der Waals surface area (Å²) in [6.07, 6.45) is -74.3. The highest BCUT2D eigenvalue weighted by molar-refractivity contribution is 5.74. The van der Waals surface area contributed by atoms with Crippen molar-refractivity contribution in [3.05, 3.63) is 0 Å². The topological polar surface area (TPSA) is 700 Å². The van der Waals surface area contributed by atoms with Crippen LogP contribution in [-0.4, -0.2) is 434 Å². The second-order valence-corrected chi connectivity index (χ2v) is 25.4. The van der Waals surface area contributed by atoms with Crippen LogP contribution < -0.4 is 21.3 Å². The van der Waals surface area contributed by atoms with Crippen molar-refractivity contribution in [2.45, 2.75) is 273 Å². The average Bonchev–Trinajstić information content (AvgIpc) is 0.769. The minimum Gasteiger partial charge on any atom is -0.394 e. The lowest BCUT2D eigenvalue weighted by Crippen LogP contribution is -2.71. The normalized spacial score (nSPS) is 48.3. The molecule has 0 aromatic rings. The van der Waals surface area contributed by atoms with Gasteiger partial charge in [-0.2, -0.15) is 0 Å². The van der Waals surface area contributed by atoms with E-state index in [0.717, 1.165) is 27.7 Å². The van der Waals surface area contributed by atoms with Crippen molar-refractivity contribution in [2.75, 3.05) is 52.9 Å². The zero-order chi connectivity index (χ0) is 74.5. The molecule has 0 spiro atoms. The summed E-state index contributed by atoms with van der Waals surface area (Å²) in [5.74, 6) is -3.54. The molecule has 8 heterocycles. The van der Waals surface area contributed by atoms with E-state index in [2.05, 4.69) is 21.3 Å². The predicted octanol–water partition coefficient (Wildman–Crippen LogP) is -17.9. The van der Waals surface area contributed by atoms with E-state index in [4.69, 9.17) is 71.1 Å². The highest BCUT2D eigenvalue weighted by atomic mass is 16.8. The summed E-state index contributed by atoms with van der Waals surface area (Å²) in [7, 11) is 0. The lowest BCUT2D eigenvalue weighted by atomic mass is 9.93. The van der Waals surface area contributed by atoms with E-state index in [0.29, 0.717) is 0 Å². The molecule has 45 heteroatoms. The van der Waals surface area contributed by atoms with Crippen molar-refractivity contribution in [2.24, 2.45) is 0 Å². The van der Waals surface area contributed by atoms with Crippen LogP contribution in [0.15, 0.2) is 0 Å².